The van der Waals surface area contributed by atoms with Gasteiger partial charge < -0.3 is 5.11 Å². The molecule has 114 valence electrons. The molecule has 0 atom stereocenters. The predicted octanol–water partition coefficient (Wildman–Crippen LogP) is -0.863. The average Bonchev–Trinajstić information content (AvgIpc) is 2.42. The highest BCUT2D eigenvalue weighted by atomic mass is 28.3. The van der Waals surface area contributed by atoms with E-state index in [0.29, 0.717) is 5.19 Å². The van der Waals surface area contributed by atoms with Crippen LogP contribution in [0.25, 0.3) is 0 Å². The van der Waals surface area contributed by atoms with Crippen LogP contribution in [0.3, 0.4) is 0 Å². The van der Waals surface area contributed by atoms with Gasteiger partial charge in [0.05, 0.1) is 13.6 Å². The molecule has 0 aromatic heterocycles. The fourth-order valence-corrected chi connectivity index (χ4v) is 4.07. The lowest BCUT2D eigenvalue weighted by Gasteiger charge is -2.23. The van der Waals surface area contributed by atoms with Crippen LogP contribution in [0.1, 0.15) is 31.1 Å². The molecule has 2 amide bonds. The van der Waals surface area contributed by atoms with E-state index in [1.807, 2.05) is 30.5 Å². The lowest BCUT2D eigenvalue weighted by molar-refractivity contribution is 0.0698. The Bertz CT molecular complexity index is 610. The third kappa shape index (κ3) is 3.45. The number of hydrogen-bond donors (Lipinski definition) is 5. The molecule has 0 aliphatic heterocycles. The first-order chi connectivity index (χ1) is 9.63. The molecule has 1 aromatic rings. The van der Waals surface area contributed by atoms with Gasteiger partial charge in [-0.1, -0.05) is 19.6 Å². The van der Waals surface area contributed by atoms with Crippen molar-refractivity contribution in [1.82, 2.24) is 10.9 Å². The summed E-state index contributed by atoms with van der Waals surface area (Å²) in [5.41, 5.74) is 3.85. The normalized spacial score (nSPS) is 10.9. The Morgan fingerprint density at radius 1 is 1.00 bits per heavy atom. The minimum absolute atomic E-state index is 0.0181. The van der Waals surface area contributed by atoms with Crippen LogP contribution in [0.2, 0.25) is 19.6 Å². The van der Waals surface area contributed by atoms with Crippen LogP contribution in [0.4, 0.5) is 0 Å². The Morgan fingerprint density at radius 2 is 1.48 bits per heavy atom. The van der Waals surface area contributed by atoms with E-state index in [4.69, 9.17) is 11.7 Å². The number of nitrogens with one attached hydrogen (secondary N) is 2. The van der Waals surface area contributed by atoms with Crippen molar-refractivity contribution < 1.29 is 19.5 Å². The van der Waals surface area contributed by atoms with Crippen molar-refractivity contribution in [3.63, 3.8) is 0 Å². The molecule has 0 radical (unpaired) electrons. The molecule has 8 nitrogen and oxygen atoms in total. The molecule has 1 aromatic carbocycles. The van der Waals surface area contributed by atoms with E-state index in [-0.39, 0.29) is 16.7 Å². The van der Waals surface area contributed by atoms with Crippen LogP contribution in [0.15, 0.2) is 12.1 Å². The number of benzene rings is 1. The van der Waals surface area contributed by atoms with Gasteiger partial charge in [0.1, 0.15) is 0 Å². The number of amides is 2. The van der Waals surface area contributed by atoms with Crippen molar-refractivity contribution in [3.8, 4) is 0 Å². The summed E-state index contributed by atoms with van der Waals surface area (Å²) >= 11 is 0. The van der Waals surface area contributed by atoms with Gasteiger partial charge in [-0.05, 0) is 17.3 Å². The molecule has 0 aliphatic carbocycles. The first-order valence-corrected chi connectivity index (χ1v) is 9.57. The van der Waals surface area contributed by atoms with Crippen molar-refractivity contribution in [2.45, 2.75) is 19.6 Å². The second kappa shape index (κ2) is 6.04. The SMILES string of the molecule is C[Si](C)(C)c1c(C(=O)O)cc(C(=O)NN)cc1C(=O)NN. The summed E-state index contributed by atoms with van der Waals surface area (Å²) in [6.07, 6.45) is 0. The Labute approximate surface area is 122 Å². The molecule has 0 unspecified atom stereocenters. The van der Waals surface area contributed by atoms with Gasteiger partial charge in [0.25, 0.3) is 11.8 Å². The fourth-order valence-electron chi connectivity index (χ4n) is 2.09. The van der Waals surface area contributed by atoms with Gasteiger partial charge in [-0.3, -0.25) is 20.4 Å². The number of hydrazine groups is 2. The summed E-state index contributed by atoms with van der Waals surface area (Å²) in [4.78, 5) is 35.1. The van der Waals surface area contributed by atoms with Gasteiger partial charge in [-0.2, -0.15) is 0 Å². The molecular formula is C12H18N4O4Si. The highest BCUT2D eigenvalue weighted by molar-refractivity contribution is 6.90. The standard InChI is InChI=1S/C12H18N4O4Si/c1-21(2,3)9-7(11(18)16-14)4-6(10(17)15-13)5-8(9)12(19)20/h4-5H,13-14H2,1-3H3,(H,15,17)(H,16,18)(H,19,20). The van der Waals surface area contributed by atoms with Crippen LogP contribution in [0.5, 0.6) is 0 Å². The van der Waals surface area contributed by atoms with Crippen molar-refractivity contribution in [2.75, 3.05) is 0 Å². The van der Waals surface area contributed by atoms with E-state index in [1.54, 1.807) is 0 Å². The van der Waals surface area contributed by atoms with Crippen molar-refractivity contribution in [1.29, 1.82) is 0 Å². The highest BCUT2D eigenvalue weighted by Gasteiger charge is 2.30. The first-order valence-electron chi connectivity index (χ1n) is 6.07. The van der Waals surface area contributed by atoms with Gasteiger partial charge in [0, 0.05) is 11.1 Å². The third-order valence-corrected chi connectivity index (χ3v) is 4.93. The first kappa shape index (κ1) is 16.8. The molecule has 0 aliphatic rings. The Morgan fingerprint density at radius 3 is 1.86 bits per heavy atom. The summed E-state index contributed by atoms with van der Waals surface area (Å²) in [7, 11) is -2.19. The molecule has 0 saturated carbocycles. The van der Waals surface area contributed by atoms with Gasteiger partial charge >= 0.3 is 5.97 Å². The molecule has 0 bridgehead atoms. The van der Waals surface area contributed by atoms with Crippen LogP contribution in [0, 0.1) is 0 Å². The fraction of sp³-hybridized carbons (Fsp3) is 0.250. The van der Waals surface area contributed by atoms with Gasteiger partial charge in [-0.25, -0.2) is 16.5 Å². The van der Waals surface area contributed by atoms with Crippen LogP contribution >= 0.6 is 0 Å². The number of carboxylic acid groups (broad SMARTS) is 1. The van der Waals surface area contributed by atoms with Gasteiger partial charge in [0.2, 0.25) is 0 Å². The lowest BCUT2D eigenvalue weighted by Crippen LogP contribution is -2.48. The number of hydrogen-bond acceptors (Lipinski definition) is 5. The molecular weight excluding hydrogens is 292 g/mol. The van der Waals surface area contributed by atoms with Crippen LogP contribution in [-0.2, 0) is 0 Å². The molecule has 7 N–H and O–H groups in total. The number of rotatable bonds is 4. The van der Waals surface area contributed by atoms with Gasteiger partial charge in [0.15, 0.2) is 0 Å². The van der Waals surface area contributed by atoms with E-state index in [1.165, 1.54) is 12.1 Å². The molecule has 21 heavy (non-hydrogen) atoms. The Hall–Kier alpha value is -2.23. The maximum absolute atomic E-state index is 11.9. The number of nitrogen functional groups attached to an aromatic ring is 2. The summed E-state index contributed by atoms with van der Waals surface area (Å²) in [5, 5.41) is 9.81. The highest BCUT2D eigenvalue weighted by Crippen LogP contribution is 2.15. The van der Waals surface area contributed by atoms with Crippen molar-refractivity contribution in [2.24, 2.45) is 11.7 Å². The van der Waals surface area contributed by atoms with Crippen LogP contribution in [-0.4, -0.2) is 31.0 Å². The zero-order valence-corrected chi connectivity index (χ0v) is 13.0. The number of aromatic carboxylic acids is 1. The maximum atomic E-state index is 11.9. The van der Waals surface area contributed by atoms with E-state index >= 15 is 0 Å². The van der Waals surface area contributed by atoms with Gasteiger partial charge in [-0.15, -0.1) is 0 Å². The minimum atomic E-state index is -2.19. The number of carboxylic acids is 1. The topological polar surface area (TPSA) is 148 Å². The monoisotopic (exact) mass is 310 g/mol. The second-order valence-corrected chi connectivity index (χ2v) is 10.4. The van der Waals surface area contributed by atoms with Crippen molar-refractivity contribution >= 4 is 31.0 Å². The number of carbonyl (C=O) groups excluding carboxylic acids is 2. The van der Waals surface area contributed by atoms with E-state index < -0.39 is 25.9 Å². The summed E-state index contributed by atoms with van der Waals surface area (Å²) in [5.74, 6) is 7.64. The quantitative estimate of drug-likeness (QED) is 0.211. The molecule has 0 spiro atoms. The molecule has 0 heterocycles. The summed E-state index contributed by atoms with van der Waals surface area (Å²) < 4.78 is 0. The maximum Gasteiger partial charge on any atom is 0.335 e. The molecule has 1 rings (SSSR count). The van der Waals surface area contributed by atoms with E-state index in [9.17, 15) is 19.5 Å². The Balaban J connectivity index is 3.79. The molecule has 0 fully saturated rings. The van der Waals surface area contributed by atoms with Crippen LogP contribution < -0.4 is 27.7 Å². The summed E-state index contributed by atoms with van der Waals surface area (Å²) in [6.45, 7) is 5.68. The second-order valence-electron chi connectivity index (χ2n) is 5.45. The Kier molecular flexibility index (Phi) is 4.83. The number of nitrogens with two attached hydrogens (primary N) is 2. The lowest BCUT2D eigenvalue weighted by atomic mass is 10.0. The largest absolute Gasteiger partial charge is 0.478 e. The third-order valence-electron chi connectivity index (χ3n) is 2.89. The van der Waals surface area contributed by atoms with E-state index in [2.05, 4.69) is 0 Å². The molecule has 0 saturated heterocycles. The molecule has 9 heteroatoms. The number of carbonyl (C=O) groups is 3. The minimum Gasteiger partial charge on any atom is -0.478 e. The zero-order valence-electron chi connectivity index (χ0n) is 12.0. The zero-order chi connectivity index (χ0) is 16.4. The average molecular weight is 310 g/mol. The summed E-state index contributed by atoms with van der Waals surface area (Å²) in [6, 6.07) is 2.51. The smallest absolute Gasteiger partial charge is 0.335 e. The van der Waals surface area contributed by atoms with Crippen molar-refractivity contribution in [3.05, 3.63) is 28.8 Å². The predicted molar refractivity (Wildman–Crippen MR) is 79.7 cm³/mol. The van der Waals surface area contributed by atoms with E-state index in [0.717, 1.165) is 0 Å².